The lowest BCUT2D eigenvalue weighted by molar-refractivity contribution is -0.624. The highest BCUT2D eigenvalue weighted by Gasteiger charge is 2.30. The molecule has 0 saturated heterocycles. The predicted octanol–water partition coefficient (Wildman–Crippen LogP) is 3.19. The Morgan fingerprint density at radius 1 is 0.710 bits per heavy atom. The van der Waals surface area contributed by atoms with E-state index < -0.39 is 37.6 Å². The van der Waals surface area contributed by atoms with Crippen molar-refractivity contribution in [3.8, 4) is 5.75 Å². The molecule has 31 heavy (non-hydrogen) atoms. The van der Waals surface area contributed by atoms with Gasteiger partial charge in [-0.2, -0.15) is 4.73 Å². The number of hydrogen-bond donors (Lipinski definition) is 1. The Labute approximate surface area is 175 Å². The number of nitro groups is 3. The zero-order chi connectivity index (χ0) is 22.7. The Morgan fingerprint density at radius 2 is 1.13 bits per heavy atom. The van der Waals surface area contributed by atoms with Crippen molar-refractivity contribution in [1.29, 1.82) is 0 Å². The highest BCUT2D eigenvalue weighted by Crippen LogP contribution is 2.39. The summed E-state index contributed by atoms with van der Waals surface area (Å²) in [5, 5.41) is 52.4. The molecule has 0 unspecified atom stereocenters. The highest BCUT2D eigenvalue weighted by molar-refractivity contribution is 5.64. The van der Waals surface area contributed by atoms with Crippen LogP contribution in [0.25, 0.3) is 0 Å². The van der Waals surface area contributed by atoms with Gasteiger partial charge in [0.05, 0.1) is 26.9 Å². The van der Waals surface area contributed by atoms with E-state index in [0.29, 0.717) is 12.1 Å². The Hall–Kier alpha value is -3.83. The van der Waals surface area contributed by atoms with E-state index in [9.17, 15) is 35.6 Å². The zero-order valence-corrected chi connectivity index (χ0v) is 16.5. The summed E-state index contributed by atoms with van der Waals surface area (Å²) < 4.78 is 1.27. The first kappa shape index (κ1) is 21.9. The van der Waals surface area contributed by atoms with Crippen molar-refractivity contribution >= 4 is 17.1 Å². The van der Waals surface area contributed by atoms with Gasteiger partial charge in [0.25, 0.3) is 11.4 Å². The second-order valence-corrected chi connectivity index (χ2v) is 7.40. The third-order valence-electron chi connectivity index (χ3n) is 5.46. The number of aromatic nitrogens is 1. The number of fused-ring (bicyclic) bond motifs is 2. The maximum Gasteiger partial charge on any atom is 0.324 e. The molecule has 0 saturated carbocycles. The molecular weight excluding hydrogens is 412 g/mol. The molecule has 0 fully saturated rings. The van der Waals surface area contributed by atoms with Crippen LogP contribution < -0.4 is 4.73 Å². The number of pyridine rings is 1. The smallest absolute Gasteiger partial charge is 0.324 e. The van der Waals surface area contributed by atoms with Gasteiger partial charge in [-0.05, 0) is 44.6 Å². The summed E-state index contributed by atoms with van der Waals surface area (Å²) in [5.41, 5.74) is 1.80. The number of benzene rings is 1. The van der Waals surface area contributed by atoms with Crippen molar-refractivity contribution in [3.63, 3.8) is 0 Å². The van der Waals surface area contributed by atoms with Crippen molar-refractivity contribution in [3.05, 3.63) is 76.3 Å². The molecule has 1 aromatic heterocycles. The summed E-state index contributed by atoms with van der Waals surface area (Å²) >= 11 is 0. The molecule has 2 aliphatic rings. The van der Waals surface area contributed by atoms with E-state index in [0.717, 1.165) is 37.1 Å². The normalized spacial score (nSPS) is 14.5. The van der Waals surface area contributed by atoms with Crippen LogP contribution in [-0.4, -0.2) is 19.9 Å². The van der Waals surface area contributed by atoms with E-state index >= 15 is 0 Å². The molecule has 0 bridgehead atoms. The summed E-state index contributed by atoms with van der Waals surface area (Å²) in [4.78, 5) is 27.8. The van der Waals surface area contributed by atoms with Crippen LogP contribution in [0.2, 0.25) is 0 Å². The van der Waals surface area contributed by atoms with E-state index in [4.69, 9.17) is 5.11 Å². The first-order valence-corrected chi connectivity index (χ1v) is 9.77. The van der Waals surface area contributed by atoms with Crippen molar-refractivity contribution < 1.29 is 24.6 Å². The van der Waals surface area contributed by atoms with Crippen LogP contribution in [0.15, 0.2) is 18.2 Å². The molecule has 2 aliphatic carbocycles. The first-order chi connectivity index (χ1) is 14.7. The average molecular weight is 432 g/mol. The Balaban J connectivity index is 0.000000176. The lowest BCUT2D eigenvalue weighted by Gasteiger charge is -2.22. The second-order valence-electron chi connectivity index (χ2n) is 7.40. The fourth-order valence-corrected chi connectivity index (χ4v) is 3.95. The zero-order valence-electron chi connectivity index (χ0n) is 16.5. The number of aromatic hydroxyl groups is 1. The van der Waals surface area contributed by atoms with E-state index in [1.165, 1.54) is 41.5 Å². The van der Waals surface area contributed by atoms with Crippen LogP contribution >= 0.6 is 0 Å². The van der Waals surface area contributed by atoms with Crippen LogP contribution in [0.5, 0.6) is 5.75 Å². The quantitative estimate of drug-likeness (QED) is 0.332. The molecular formula is C19H20N4O8. The fraction of sp³-hybridized carbons (Fsp3) is 0.421. The van der Waals surface area contributed by atoms with Gasteiger partial charge in [-0.25, -0.2) is 0 Å². The van der Waals surface area contributed by atoms with Crippen LogP contribution in [0, 0.1) is 35.6 Å². The van der Waals surface area contributed by atoms with Gasteiger partial charge >= 0.3 is 11.4 Å². The number of hydrogen-bond acceptors (Lipinski definition) is 8. The maximum absolute atomic E-state index is 12.2. The summed E-state index contributed by atoms with van der Waals surface area (Å²) in [6.07, 6.45) is 9.10. The van der Waals surface area contributed by atoms with E-state index in [2.05, 4.69) is 6.07 Å². The van der Waals surface area contributed by atoms with E-state index in [1.807, 2.05) is 0 Å². The molecule has 4 rings (SSSR count). The second kappa shape index (κ2) is 8.90. The van der Waals surface area contributed by atoms with Crippen LogP contribution in [-0.2, 0) is 25.7 Å². The summed E-state index contributed by atoms with van der Waals surface area (Å²) in [5.74, 6) is -1.21. The summed E-state index contributed by atoms with van der Waals surface area (Å²) in [6.45, 7) is 0. The molecule has 0 amide bonds. The van der Waals surface area contributed by atoms with Gasteiger partial charge < -0.3 is 10.3 Å². The molecule has 164 valence electrons. The Kier molecular flexibility index (Phi) is 6.28. The SMILES string of the molecule is O=[N+]([O-])c1cc([N+](=O)[O-])c(O)c([N+](=O)[O-])c1.[O-][n+]1c2c(cc3c1CCCC3)CCCC2. The van der Waals surface area contributed by atoms with Crippen molar-refractivity contribution in [1.82, 2.24) is 0 Å². The van der Waals surface area contributed by atoms with Gasteiger partial charge in [0, 0.05) is 24.0 Å². The minimum absolute atomic E-state index is 0.447. The minimum Gasteiger partial charge on any atom is -0.618 e. The van der Waals surface area contributed by atoms with Gasteiger partial charge in [-0.15, -0.1) is 0 Å². The first-order valence-electron chi connectivity index (χ1n) is 9.77. The highest BCUT2D eigenvalue weighted by atomic mass is 16.6. The summed E-state index contributed by atoms with van der Waals surface area (Å²) in [7, 11) is 0. The number of non-ortho nitro benzene ring substituents is 1. The van der Waals surface area contributed by atoms with Crippen LogP contribution in [0.3, 0.4) is 0 Å². The molecule has 0 spiro atoms. The lowest BCUT2D eigenvalue weighted by Crippen LogP contribution is -2.41. The Bertz CT molecular complexity index is 1000. The molecule has 0 radical (unpaired) electrons. The molecule has 0 atom stereocenters. The third kappa shape index (κ3) is 4.52. The van der Waals surface area contributed by atoms with Gasteiger partial charge in [-0.3, -0.25) is 30.3 Å². The maximum atomic E-state index is 12.2. The number of nitro benzene ring substituents is 3. The van der Waals surface area contributed by atoms with E-state index in [-0.39, 0.29) is 0 Å². The van der Waals surface area contributed by atoms with Gasteiger partial charge in [0.1, 0.15) is 0 Å². The monoisotopic (exact) mass is 432 g/mol. The molecule has 12 nitrogen and oxygen atoms in total. The molecule has 1 N–H and O–H groups in total. The number of nitrogens with zero attached hydrogens (tertiary/aromatic N) is 4. The van der Waals surface area contributed by atoms with Gasteiger partial charge in [-0.1, -0.05) is 0 Å². The van der Waals surface area contributed by atoms with Crippen molar-refractivity contribution in [2.24, 2.45) is 0 Å². The number of aryl methyl sites for hydroxylation is 2. The van der Waals surface area contributed by atoms with Gasteiger partial charge in [0.2, 0.25) is 0 Å². The average Bonchev–Trinajstić information content (AvgIpc) is 2.74. The minimum atomic E-state index is -1.21. The standard InChI is InChI=1S/C13H17NO.C6H3N3O7/c15-14-12-7-3-1-5-10(12)9-11-6-2-4-8-13(11)14;10-6-4(8(13)14)1-3(7(11)12)2-5(6)9(15)16/h9H,1-8H2;1-2,10H. The predicted molar refractivity (Wildman–Crippen MR) is 107 cm³/mol. The molecule has 1 aromatic carbocycles. The summed E-state index contributed by atoms with van der Waals surface area (Å²) in [6, 6.07) is 3.21. The van der Waals surface area contributed by atoms with Gasteiger partial charge in [0.15, 0.2) is 11.4 Å². The Morgan fingerprint density at radius 3 is 1.52 bits per heavy atom. The van der Waals surface area contributed by atoms with Crippen LogP contribution in [0.4, 0.5) is 17.1 Å². The van der Waals surface area contributed by atoms with Crippen molar-refractivity contribution in [2.75, 3.05) is 0 Å². The molecule has 1 heterocycles. The molecule has 0 aliphatic heterocycles. The number of phenolic OH excluding ortho intramolecular Hbond substituents is 1. The number of rotatable bonds is 3. The van der Waals surface area contributed by atoms with Crippen molar-refractivity contribution in [2.45, 2.75) is 51.4 Å². The largest absolute Gasteiger partial charge is 0.618 e. The molecule has 2 aromatic rings. The fourth-order valence-electron chi connectivity index (χ4n) is 3.95. The number of phenols is 1. The van der Waals surface area contributed by atoms with E-state index in [1.54, 1.807) is 0 Å². The topological polar surface area (TPSA) is 177 Å². The lowest BCUT2D eigenvalue weighted by atomic mass is 9.89. The third-order valence-corrected chi connectivity index (χ3v) is 5.46. The van der Waals surface area contributed by atoms with Crippen LogP contribution in [0.1, 0.15) is 48.2 Å². The molecule has 12 heteroatoms.